The Morgan fingerprint density at radius 2 is 1.72 bits per heavy atom. The Labute approximate surface area is 121 Å². The summed E-state index contributed by atoms with van der Waals surface area (Å²) in [6, 6.07) is 13.8. The van der Waals surface area contributed by atoms with Gasteiger partial charge in [0.05, 0.1) is 0 Å². The minimum atomic E-state index is 0.791. The normalized spacial score (nSPS) is 10.4. The van der Waals surface area contributed by atoms with Crippen molar-refractivity contribution >= 4 is 27.5 Å². The maximum absolute atomic E-state index is 6.08. The van der Waals surface area contributed by atoms with Gasteiger partial charge in [-0.3, -0.25) is 0 Å². The van der Waals surface area contributed by atoms with Crippen molar-refractivity contribution in [2.75, 3.05) is 0 Å². The van der Waals surface area contributed by atoms with E-state index in [0.29, 0.717) is 0 Å². The molecule has 2 aromatic carbocycles. The molecule has 0 N–H and O–H groups in total. The third-order valence-corrected chi connectivity index (χ3v) is 3.73. The second-order valence-corrected chi connectivity index (χ2v) is 4.95. The van der Waals surface area contributed by atoms with Gasteiger partial charge < -0.3 is 4.74 Å². The molecule has 94 valence electrons. The highest BCUT2D eigenvalue weighted by atomic mass is 79.9. The fraction of sp³-hybridized carbons (Fsp3) is 0.200. The monoisotopic (exact) mass is 324 g/mol. The number of halogens is 2. The zero-order valence-corrected chi connectivity index (χ0v) is 12.5. The SMILES string of the molecule is CCc1cc(Oc2ccc(CBr)cc2)ccc1Cl. The second kappa shape index (κ2) is 6.26. The molecule has 0 saturated carbocycles. The average molecular weight is 326 g/mol. The minimum absolute atomic E-state index is 0.791. The van der Waals surface area contributed by atoms with E-state index in [4.69, 9.17) is 16.3 Å². The number of rotatable bonds is 4. The van der Waals surface area contributed by atoms with E-state index in [1.807, 2.05) is 42.5 Å². The van der Waals surface area contributed by atoms with Gasteiger partial charge in [0.15, 0.2) is 0 Å². The van der Waals surface area contributed by atoms with Gasteiger partial charge in [0, 0.05) is 10.4 Å². The minimum Gasteiger partial charge on any atom is -0.457 e. The smallest absolute Gasteiger partial charge is 0.127 e. The largest absolute Gasteiger partial charge is 0.457 e. The summed E-state index contributed by atoms with van der Waals surface area (Å²) in [5, 5.41) is 1.65. The number of hydrogen-bond donors (Lipinski definition) is 0. The highest BCUT2D eigenvalue weighted by Crippen LogP contribution is 2.27. The lowest BCUT2D eigenvalue weighted by atomic mass is 10.1. The van der Waals surface area contributed by atoms with E-state index in [9.17, 15) is 0 Å². The molecule has 0 aliphatic heterocycles. The first-order chi connectivity index (χ1) is 8.72. The zero-order chi connectivity index (χ0) is 13.0. The van der Waals surface area contributed by atoms with Crippen molar-refractivity contribution < 1.29 is 4.74 Å². The van der Waals surface area contributed by atoms with E-state index in [-0.39, 0.29) is 0 Å². The van der Waals surface area contributed by atoms with Crippen molar-refractivity contribution in [3.8, 4) is 11.5 Å². The zero-order valence-electron chi connectivity index (χ0n) is 10.1. The first-order valence-electron chi connectivity index (χ1n) is 5.84. The molecular formula is C15H14BrClO. The maximum atomic E-state index is 6.08. The number of alkyl halides is 1. The summed E-state index contributed by atoms with van der Waals surface area (Å²) in [7, 11) is 0. The Morgan fingerprint density at radius 3 is 2.33 bits per heavy atom. The highest BCUT2D eigenvalue weighted by Gasteiger charge is 2.02. The van der Waals surface area contributed by atoms with Crippen molar-refractivity contribution in [2.24, 2.45) is 0 Å². The molecule has 2 aromatic rings. The van der Waals surface area contributed by atoms with Crippen LogP contribution in [0.2, 0.25) is 5.02 Å². The van der Waals surface area contributed by atoms with Gasteiger partial charge in [0.2, 0.25) is 0 Å². The molecule has 0 fully saturated rings. The topological polar surface area (TPSA) is 9.23 Å². The Hall–Kier alpha value is -0.990. The van der Waals surface area contributed by atoms with Crippen molar-refractivity contribution in [3.63, 3.8) is 0 Å². The van der Waals surface area contributed by atoms with Crippen LogP contribution in [0.4, 0.5) is 0 Å². The van der Waals surface area contributed by atoms with Crippen LogP contribution in [-0.4, -0.2) is 0 Å². The second-order valence-electron chi connectivity index (χ2n) is 3.99. The summed E-state index contributed by atoms with van der Waals surface area (Å²) >= 11 is 9.50. The van der Waals surface area contributed by atoms with Crippen LogP contribution >= 0.6 is 27.5 Å². The lowest BCUT2D eigenvalue weighted by Crippen LogP contribution is -1.88. The van der Waals surface area contributed by atoms with E-state index in [1.54, 1.807) is 0 Å². The molecule has 0 amide bonds. The first kappa shape index (κ1) is 13.4. The Bertz CT molecular complexity index is 523. The third kappa shape index (κ3) is 3.27. The van der Waals surface area contributed by atoms with Crippen LogP contribution in [0.3, 0.4) is 0 Å². The summed E-state index contributed by atoms with van der Waals surface area (Å²) in [6.45, 7) is 2.08. The molecule has 1 nitrogen and oxygen atoms in total. The standard InChI is InChI=1S/C15H14BrClO/c1-2-12-9-14(7-8-15(12)17)18-13-5-3-11(10-16)4-6-13/h3-9H,2,10H2,1H3. The molecule has 0 aliphatic carbocycles. The van der Waals surface area contributed by atoms with E-state index < -0.39 is 0 Å². The average Bonchev–Trinajstić information content (AvgIpc) is 2.42. The number of aryl methyl sites for hydroxylation is 1. The van der Waals surface area contributed by atoms with Crippen LogP contribution in [-0.2, 0) is 11.8 Å². The lowest BCUT2D eigenvalue weighted by molar-refractivity contribution is 0.482. The summed E-state index contributed by atoms with van der Waals surface area (Å²) in [5.41, 5.74) is 2.33. The van der Waals surface area contributed by atoms with Gasteiger partial charge in [-0.15, -0.1) is 0 Å². The fourth-order valence-electron chi connectivity index (χ4n) is 1.67. The van der Waals surface area contributed by atoms with Crippen molar-refractivity contribution in [3.05, 3.63) is 58.6 Å². The van der Waals surface area contributed by atoms with Gasteiger partial charge in [0.1, 0.15) is 11.5 Å². The Balaban J connectivity index is 2.17. The van der Waals surface area contributed by atoms with E-state index in [2.05, 4.69) is 22.9 Å². The van der Waals surface area contributed by atoms with Gasteiger partial charge >= 0.3 is 0 Å². The van der Waals surface area contributed by atoms with Crippen molar-refractivity contribution in [1.82, 2.24) is 0 Å². The third-order valence-electron chi connectivity index (χ3n) is 2.71. The van der Waals surface area contributed by atoms with Gasteiger partial charge in [-0.1, -0.05) is 46.6 Å². The molecule has 2 rings (SSSR count). The molecule has 0 bridgehead atoms. The fourth-order valence-corrected chi connectivity index (χ4v) is 2.29. The Morgan fingerprint density at radius 1 is 1.06 bits per heavy atom. The van der Waals surface area contributed by atoms with Crippen LogP contribution < -0.4 is 4.74 Å². The van der Waals surface area contributed by atoms with Crippen LogP contribution in [0.1, 0.15) is 18.1 Å². The predicted molar refractivity (Wildman–Crippen MR) is 80.0 cm³/mol. The van der Waals surface area contributed by atoms with Crippen LogP contribution in [0.15, 0.2) is 42.5 Å². The molecule has 0 saturated heterocycles. The van der Waals surface area contributed by atoms with E-state index >= 15 is 0 Å². The molecule has 0 radical (unpaired) electrons. The van der Waals surface area contributed by atoms with Gasteiger partial charge in [-0.05, 0) is 47.9 Å². The summed E-state index contributed by atoms with van der Waals surface area (Å²) in [6.07, 6.45) is 0.901. The number of benzene rings is 2. The molecule has 0 heterocycles. The van der Waals surface area contributed by atoms with Gasteiger partial charge in [-0.2, -0.15) is 0 Å². The molecule has 0 unspecified atom stereocenters. The number of ether oxygens (including phenoxy) is 1. The molecule has 0 atom stereocenters. The Kier molecular flexibility index (Phi) is 4.67. The van der Waals surface area contributed by atoms with Gasteiger partial charge in [0.25, 0.3) is 0 Å². The lowest BCUT2D eigenvalue weighted by Gasteiger charge is -2.08. The van der Waals surface area contributed by atoms with Crippen molar-refractivity contribution in [2.45, 2.75) is 18.7 Å². The van der Waals surface area contributed by atoms with Crippen LogP contribution in [0, 0.1) is 0 Å². The number of hydrogen-bond acceptors (Lipinski definition) is 1. The van der Waals surface area contributed by atoms with Crippen molar-refractivity contribution in [1.29, 1.82) is 0 Å². The molecule has 18 heavy (non-hydrogen) atoms. The quantitative estimate of drug-likeness (QED) is 0.666. The van der Waals surface area contributed by atoms with Gasteiger partial charge in [-0.25, -0.2) is 0 Å². The molecule has 0 aromatic heterocycles. The predicted octanol–water partition coefficient (Wildman–Crippen LogP) is 5.59. The molecule has 0 aliphatic rings. The summed E-state index contributed by atoms with van der Waals surface area (Å²) in [4.78, 5) is 0. The summed E-state index contributed by atoms with van der Waals surface area (Å²) < 4.78 is 5.80. The van der Waals surface area contributed by atoms with E-state index in [0.717, 1.165) is 33.8 Å². The first-order valence-corrected chi connectivity index (χ1v) is 7.34. The highest BCUT2D eigenvalue weighted by molar-refractivity contribution is 9.08. The van der Waals surface area contributed by atoms with Crippen LogP contribution in [0.5, 0.6) is 11.5 Å². The van der Waals surface area contributed by atoms with E-state index in [1.165, 1.54) is 5.56 Å². The summed E-state index contributed by atoms with van der Waals surface area (Å²) in [5.74, 6) is 1.66. The van der Waals surface area contributed by atoms with Crippen LogP contribution in [0.25, 0.3) is 0 Å². The molecule has 3 heteroatoms. The maximum Gasteiger partial charge on any atom is 0.127 e. The molecular weight excluding hydrogens is 312 g/mol. The molecule has 0 spiro atoms.